The maximum absolute atomic E-state index is 10.3. The molecule has 5 heteroatoms. The van der Waals surface area contributed by atoms with Gasteiger partial charge < -0.3 is 10.8 Å². The number of nitrogens with two attached hydrogens (primary N) is 1. The van der Waals surface area contributed by atoms with Gasteiger partial charge in [-0.3, -0.25) is 9.48 Å². The van der Waals surface area contributed by atoms with Crippen LogP contribution in [0.15, 0.2) is 18.5 Å². The number of nitrogens with zero attached hydrogens (tertiary/aromatic N) is 2. The SMILES string of the molecule is N[C@@H](CCn1cccn1)C(=O)O. The molecule has 1 atom stereocenters. The van der Waals surface area contributed by atoms with Gasteiger partial charge in [0.15, 0.2) is 0 Å². The minimum absolute atomic E-state index is 0.400. The van der Waals surface area contributed by atoms with Crippen LogP contribution >= 0.6 is 0 Å². The molecule has 66 valence electrons. The van der Waals surface area contributed by atoms with Crippen LogP contribution in [0.2, 0.25) is 0 Å². The van der Waals surface area contributed by atoms with Gasteiger partial charge in [0, 0.05) is 18.9 Å². The molecule has 0 radical (unpaired) electrons. The Balaban J connectivity index is 2.31. The van der Waals surface area contributed by atoms with Crippen molar-refractivity contribution < 1.29 is 9.90 Å². The lowest BCUT2D eigenvalue weighted by Crippen LogP contribution is -2.31. The van der Waals surface area contributed by atoms with E-state index in [2.05, 4.69) is 5.10 Å². The number of hydrogen-bond acceptors (Lipinski definition) is 3. The van der Waals surface area contributed by atoms with E-state index in [4.69, 9.17) is 10.8 Å². The van der Waals surface area contributed by atoms with Gasteiger partial charge in [-0.05, 0) is 12.5 Å². The molecule has 5 nitrogen and oxygen atoms in total. The fourth-order valence-electron chi connectivity index (χ4n) is 0.828. The van der Waals surface area contributed by atoms with E-state index in [0.717, 1.165) is 0 Å². The Morgan fingerprint density at radius 2 is 2.50 bits per heavy atom. The third-order valence-corrected chi connectivity index (χ3v) is 1.55. The molecule has 0 aliphatic heterocycles. The number of aryl methyl sites for hydroxylation is 1. The highest BCUT2D eigenvalue weighted by Gasteiger charge is 2.10. The molecule has 1 aromatic rings. The van der Waals surface area contributed by atoms with Gasteiger partial charge in [-0.25, -0.2) is 0 Å². The summed E-state index contributed by atoms with van der Waals surface area (Å²) < 4.78 is 1.66. The summed E-state index contributed by atoms with van der Waals surface area (Å²) in [5.74, 6) is -0.970. The average Bonchev–Trinajstić information content (AvgIpc) is 2.51. The van der Waals surface area contributed by atoms with Crippen molar-refractivity contribution in [2.75, 3.05) is 0 Å². The normalized spacial score (nSPS) is 12.8. The van der Waals surface area contributed by atoms with Gasteiger partial charge >= 0.3 is 5.97 Å². The molecule has 0 aliphatic carbocycles. The molecule has 3 N–H and O–H groups in total. The van der Waals surface area contributed by atoms with Crippen molar-refractivity contribution in [1.82, 2.24) is 9.78 Å². The lowest BCUT2D eigenvalue weighted by atomic mass is 10.2. The van der Waals surface area contributed by atoms with E-state index in [1.54, 1.807) is 23.1 Å². The highest BCUT2D eigenvalue weighted by Crippen LogP contribution is 1.93. The standard InChI is InChI=1S/C7H11N3O2/c8-6(7(11)12)2-5-10-4-1-3-9-10/h1,3-4,6H,2,5,8H2,(H,11,12)/t6-/m0/s1. The average molecular weight is 169 g/mol. The fourth-order valence-corrected chi connectivity index (χ4v) is 0.828. The van der Waals surface area contributed by atoms with Crippen LogP contribution in [0.5, 0.6) is 0 Å². The number of rotatable bonds is 4. The van der Waals surface area contributed by atoms with Crippen molar-refractivity contribution in [3.63, 3.8) is 0 Å². The largest absolute Gasteiger partial charge is 0.480 e. The van der Waals surface area contributed by atoms with Crippen molar-refractivity contribution in [3.05, 3.63) is 18.5 Å². The molecule has 0 aromatic carbocycles. The van der Waals surface area contributed by atoms with Gasteiger partial charge in [-0.2, -0.15) is 5.10 Å². The molecular formula is C7H11N3O2. The Morgan fingerprint density at radius 1 is 1.75 bits per heavy atom. The summed E-state index contributed by atoms with van der Waals surface area (Å²) in [5.41, 5.74) is 5.29. The van der Waals surface area contributed by atoms with Crippen LogP contribution in [-0.4, -0.2) is 26.9 Å². The minimum atomic E-state index is -0.970. The van der Waals surface area contributed by atoms with Crippen molar-refractivity contribution in [2.45, 2.75) is 19.0 Å². The zero-order valence-electron chi connectivity index (χ0n) is 6.55. The molecule has 12 heavy (non-hydrogen) atoms. The second-order valence-corrected chi connectivity index (χ2v) is 2.50. The Labute approximate surface area is 69.8 Å². The number of aliphatic carboxylic acids is 1. The molecule has 0 spiro atoms. The van der Waals surface area contributed by atoms with Crippen LogP contribution in [-0.2, 0) is 11.3 Å². The van der Waals surface area contributed by atoms with Gasteiger partial charge in [0.2, 0.25) is 0 Å². The van der Waals surface area contributed by atoms with Crippen LogP contribution in [0.4, 0.5) is 0 Å². The molecule has 0 bridgehead atoms. The molecule has 1 heterocycles. The van der Waals surface area contributed by atoms with Crippen LogP contribution in [0.25, 0.3) is 0 Å². The molecular weight excluding hydrogens is 158 g/mol. The van der Waals surface area contributed by atoms with E-state index in [9.17, 15) is 4.79 Å². The topological polar surface area (TPSA) is 81.1 Å². The summed E-state index contributed by atoms with van der Waals surface area (Å²) in [6, 6.07) is 0.987. The Morgan fingerprint density at radius 3 is 3.00 bits per heavy atom. The van der Waals surface area contributed by atoms with Crippen molar-refractivity contribution in [3.8, 4) is 0 Å². The maximum Gasteiger partial charge on any atom is 0.320 e. The van der Waals surface area contributed by atoms with E-state index < -0.39 is 12.0 Å². The summed E-state index contributed by atoms with van der Waals surface area (Å²) in [7, 11) is 0. The van der Waals surface area contributed by atoms with Crippen molar-refractivity contribution in [1.29, 1.82) is 0 Å². The fraction of sp³-hybridized carbons (Fsp3) is 0.429. The molecule has 0 saturated carbocycles. The second-order valence-electron chi connectivity index (χ2n) is 2.50. The highest BCUT2D eigenvalue weighted by atomic mass is 16.4. The monoisotopic (exact) mass is 169 g/mol. The Bertz CT molecular complexity index is 245. The van der Waals surface area contributed by atoms with Crippen molar-refractivity contribution in [2.24, 2.45) is 5.73 Å². The third kappa shape index (κ3) is 2.35. The molecule has 1 aromatic heterocycles. The summed E-state index contributed by atoms with van der Waals surface area (Å²) in [6.07, 6.45) is 3.82. The quantitative estimate of drug-likeness (QED) is 0.647. The van der Waals surface area contributed by atoms with E-state index in [1.807, 2.05) is 0 Å². The predicted molar refractivity (Wildman–Crippen MR) is 42.5 cm³/mol. The second kappa shape index (κ2) is 3.87. The molecule has 0 aliphatic rings. The maximum atomic E-state index is 10.3. The molecule has 1 rings (SSSR count). The van der Waals surface area contributed by atoms with Gasteiger partial charge in [0.25, 0.3) is 0 Å². The first-order valence-electron chi connectivity index (χ1n) is 3.66. The van der Waals surface area contributed by atoms with Crippen LogP contribution in [0, 0.1) is 0 Å². The van der Waals surface area contributed by atoms with E-state index in [0.29, 0.717) is 13.0 Å². The number of carboxylic acids is 1. The number of hydrogen-bond donors (Lipinski definition) is 2. The number of aromatic nitrogens is 2. The van der Waals surface area contributed by atoms with Crippen LogP contribution < -0.4 is 5.73 Å². The minimum Gasteiger partial charge on any atom is -0.480 e. The summed E-state index contributed by atoms with van der Waals surface area (Å²) in [5, 5.41) is 12.4. The molecule has 0 unspecified atom stereocenters. The van der Waals surface area contributed by atoms with Gasteiger partial charge in [-0.1, -0.05) is 0 Å². The van der Waals surface area contributed by atoms with Crippen LogP contribution in [0.1, 0.15) is 6.42 Å². The van der Waals surface area contributed by atoms with Gasteiger partial charge in [0.05, 0.1) is 0 Å². The Hall–Kier alpha value is -1.36. The van der Waals surface area contributed by atoms with Gasteiger partial charge in [-0.15, -0.1) is 0 Å². The molecule has 0 saturated heterocycles. The third-order valence-electron chi connectivity index (χ3n) is 1.55. The summed E-state index contributed by atoms with van der Waals surface area (Å²) in [4.78, 5) is 10.3. The number of carbonyl (C=O) groups is 1. The summed E-state index contributed by atoms with van der Waals surface area (Å²) >= 11 is 0. The lowest BCUT2D eigenvalue weighted by Gasteiger charge is -2.05. The lowest BCUT2D eigenvalue weighted by molar-refractivity contribution is -0.138. The zero-order valence-corrected chi connectivity index (χ0v) is 6.55. The summed E-state index contributed by atoms with van der Waals surface area (Å²) in [6.45, 7) is 0.542. The van der Waals surface area contributed by atoms with E-state index in [-0.39, 0.29) is 0 Å². The van der Waals surface area contributed by atoms with Crippen LogP contribution in [0.3, 0.4) is 0 Å². The smallest absolute Gasteiger partial charge is 0.320 e. The van der Waals surface area contributed by atoms with E-state index >= 15 is 0 Å². The first-order valence-corrected chi connectivity index (χ1v) is 3.66. The highest BCUT2D eigenvalue weighted by molar-refractivity contribution is 5.72. The predicted octanol–water partition coefficient (Wildman–Crippen LogP) is -0.315. The zero-order chi connectivity index (χ0) is 8.97. The first kappa shape index (κ1) is 8.73. The molecule has 0 amide bonds. The molecule has 0 fully saturated rings. The Kier molecular flexibility index (Phi) is 2.82. The van der Waals surface area contributed by atoms with Gasteiger partial charge in [0.1, 0.15) is 6.04 Å². The first-order chi connectivity index (χ1) is 5.70. The number of carboxylic acid groups (broad SMARTS) is 1. The van der Waals surface area contributed by atoms with E-state index in [1.165, 1.54) is 0 Å². The van der Waals surface area contributed by atoms with Crippen molar-refractivity contribution >= 4 is 5.97 Å².